The molecule has 2 rings (SSSR count). The van der Waals surface area contributed by atoms with Crippen LogP contribution in [0.1, 0.15) is 23.6 Å². The van der Waals surface area contributed by atoms with E-state index in [0.717, 1.165) is 22.4 Å². The maximum atomic E-state index is 12.1. The second-order valence-corrected chi connectivity index (χ2v) is 5.70. The third-order valence-corrected chi connectivity index (χ3v) is 3.85. The van der Waals surface area contributed by atoms with Crippen LogP contribution in [0.25, 0.3) is 6.08 Å². The van der Waals surface area contributed by atoms with Crippen LogP contribution in [-0.2, 0) is 11.3 Å². The quantitative estimate of drug-likeness (QED) is 0.733. The van der Waals surface area contributed by atoms with Gasteiger partial charge in [0.15, 0.2) is 11.5 Å². The van der Waals surface area contributed by atoms with Crippen molar-refractivity contribution in [3.8, 4) is 17.2 Å². The zero-order valence-electron chi connectivity index (χ0n) is 15.7. The lowest BCUT2D eigenvalue weighted by Crippen LogP contribution is -2.20. The minimum Gasteiger partial charge on any atom is -0.496 e. The Labute approximate surface area is 154 Å². The molecular weight excluding hydrogens is 330 g/mol. The first-order valence-corrected chi connectivity index (χ1v) is 8.47. The number of hydrogen-bond acceptors (Lipinski definition) is 4. The molecule has 0 heterocycles. The molecule has 0 bridgehead atoms. The third kappa shape index (κ3) is 5.28. The summed E-state index contributed by atoms with van der Waals surface area (Å²) < 4.78 is 16.1. The second kappa shape index (κ2) is 9.51. The molecule has 5 heteroatoms. The molecule has 0 aliphatic rings. The fourth-order valence-electron chi connectivity index (χ4n) is 2.46. The third-order valence-electron chi connectivity index (χ3n) is 3.85. The van der Waals surface area contributed by atoms with Crippen LogP contribution in [0.5, 0.6) is 17.2 Å². The largest absolute Gasteiger partial charge is 0.496 e. The predicted octanol–water partition coefficient (Wildman–Crippen LogP) is 3.74. The Morgan fingerprint density at radius 1 is 1.04 bits per heavy atom. The molecule has 0 aliphatic carbocycles. The van der Waals surface area contributed by atoms with Gasteiger partial charge in [-0.2, -0.15) is 0 Å². The van der Waals surface area contributed by atoms with Crippen LogP contribution in [0, 0.1) is 6.92 Å². The van der Waals surface area contributed by atoms with Crippen LogP contribution in [-0.4, -0.2) is 26.7 Å². The molecule has 0 radical (unpaired) electrons. The van der Waals surface area contributed by atoms with Gasteiger partial charge in [-0.15, -0.1) is 0 Å². The van der Waals surface area contributed by atoms with Gasteiger partial charge >= 0.3 is 0 Å². The fourth-order valence-corrected chi connectivity index (χ4v) is 2.46. The topological polar surface area (TPSA) is 56.8 Å². The van der Waals surface area contributed by atoms with E-state index >= 15 is 0 Å². The molecule has 0 atom stereocenters. The van der Waals surface area contributed by atoms with Crippen molar-refractivity contribution in [3.63, 3.8) is 0 Å². The van der Waals surface area contributed by atoms with Crippen LogP contribution in [0.2, 0.25) is 0 Å². The van der Waals surface area contributed by atoms with E-state index < -0.39 is 0 Å². The van der Waals surface area contributed by atoms with Crippen molar-refractivity contribution in [3.05, 3.63) is 59.2 Å². The number of carbonyl (C=O) groups is 1. The van der Waals surface area contributed by atoms with Crippen LogP contribution in [0.15, 0.2) is 42.5 Å². The molecule has 0 unspecified atom stereocenters. The first-order valence-electron chi connectivity index (χ1n) is 8.47. The Balaban J connectivity index is 1.98. The SMILES string of the molecule is CCOc1cc(/C=C/C(=O)NCc2ccc(C)c(OC)c2)ccc1OC. The second-order valence-electron chi connectivity index (χ2n) is 5.70. The number of nitrogens with one attached hydrogen (secondary N) is 1. The molecule has 26 heavy (non-hydrogen) atoms. The summed E-state index contributed by atoms with van der Waals surface area (Å²) in [5.74, 6) is 1.97. The number of amides is 1. The van der Waals surface area contributed by atoms with Crippen molar-refractivity contribution in [1.29, 1.82) is 0 Å². The van der Waals surface area contributed by atoms with Gasteiger partial charge in [0.05, 0.1) is 20.8 Å². The Kier molecular flexibility index (Phi) is 7.09. The zero-order valence-corrected chi connectivity index (χ0v) is 15.7. The minimum atomic E-state index is -0.168. The van der Waals surface area contributed by atoms with Crippen LogP contribution >= 0.6 is 0 Å². The van der Waals surface area contributed by atoms with Crippen molar-refractivity contribution in [2.45, 2.75) is 20.4 Å². The summed E-state index contributed by atoms with van der Waals surface area (Å²) in [7, 11) is 3.24. The van der Waals surface area contributed by atoms with Crippen molar-refractivity contribution < 1.29 is 19.0 Å². The lowest BCUT2D eigenvalue weighted by Gasteiger charge is -2.09. The molecule has 5 nitrogen and oxygen atoms in total. The van der Waals surface area contributed by atoms with Gasteiger partial charge in [-0.1, -0.05) is 18.2 Å². The number of carbonyl (C=O) groups excluding carboxylic acids is 1. The Morgan fingerprint density at radius 3 is 2.50 bits per heavy atom. The Morgan fingerprint density at radius 2 is 1.81 bits per heavy atom. The average molecular weight is 355 g/mol. The van der Waals surface area contributed by atoms with Crippen LogP contribution in [0.4, 0.5) is 0 Å². The fraction of sp³-hybridized carbons (Fsp3) is 0.286. The maximum Gasteiger partial charge on any atom is 0.244 e. The predicted molar refractivity (Wildman–Crippen MR) is 103 cm³/mol. The normalized spacial score (nSPS) is 10.6. The lowest BCUT2D eigenvalue weighted by atomic mass is 10.1. The smallest absolute Gasteiger partial charge is 0.244 e. The molecule has 1 amide bonds. The van der Waals surface area contributed by atoms with E-state index in [9.17, 15) is 4.79 Å². The van der Waals surface area contributed by atoms with E-state index in [1.165, 1.54) is 6.08 Å². The number of benzene rings is 2. The summed E-state index contributed by atoms with van der Waals surface area (Å²) in [4.78, 5) is 12.1. The lowest BCUT2D eigenvalue weighted by molar-refractivity contribution is -0.116. The molecule has 138 valence electrons. The van der Waals surface area contributed by atoms with Crippen LogP contribution < -0.4 is 19.5 Å². The Hall–Kier alpha value is -2.95. The average Bonchev–Trinajstić information content (AvgIpc) is 2.66. The van der Waals surface area contributed by atoms with E-state index in [1.54, 1.807) is 20.3 Å². The molecule has 2 aromatic carbocycles. The highest BCUT2D eigenvalue weighted by Gasteiger charge is 2.05. The van der Waals surface area contributed by atoms with Crippen LogP contribution in [0.3, 0.4) is 0 Å². The molecule has 0 fully saturated rings. The van der Waals surface area contributed by atoms with E-state index in [-0.39, 0.29) is 5.91 Å². The molecule has 0 saturated carbocycles. The monoisotopic (exact) mass is 355 g/mol. The van der Waals surface area contributed by atoms with E-state index in [0.29, 0.717) is 24.7 Å². The number of hydrogen-bond donors (Lipinski definition) is 1. The zero-order chi connectivity index (χ0) is 18.9. The first-order chi connectivity index (χ1) is 12.6. The Bertz CT molecular complexity index is 784. The van der Waals surface area contributed by atoms with Gasteiger partial charge in [-0.05, 0) is 54.8 Å². The molecule has 0 aliphatic heterocycles. The van der Waals surface area contributed by atoms with Crippen molar-refractivity contribution >= 4 is 12.0 Å². The number of methoxy groups -OCH3 is 2. The highest BCUT2D eigenvalue weighted by Crippen LogP contribution is 2.28. The molecule has 0 spiro atoms. The minimum absolute atomic E-state index is 0.168. The van der Waals surface area contributed by atoms with E-state index in [1.807, 2.05) is 50.2 Å². The molecule has 1 N–H and O–H groups in total. The van der Waals surface area contributed by atoms with Crippen molar-refractivity contribution in [2.75, 3.05) is 20.8 Å². The maximum absolute atomic E-state index is 12.1. The molecule has 0 aromatic heterocycles. The summed E-state index contributed by atoms with van der Waals surface area (Å²) in [6.45, 7) is 4.88. The number of rotatable bonds is 8. The van der Waals surface area contributed by atoms with Gasteiger partial charge in [0.1, 0.15) is 5.75 Å². The van der Waals surface area contributed by atoms with E-state index in [2.05, 4.69) is 5.32 Å². The molecule has 2 aromatic rings. The summed E-state index contributed by atoms with van der Waals surface area (Å²) in [6.07, 6.45) is 3.25. The highest BCUT2D eigenvalue weighted by molar-refractivity contribution is 5.91. The van der Waals surface area contributed by atoms with Gasteiger partial charge < -0.3 is 19.5 Å². The van der Waals surface area contributed by atoms with Crippen molar-refractivity contribution in [2.24, 2.45) is 0 Å². The number of aryl methyl sites for hydroxylation is 1. The van der Waals surface area contributed by atoms with E-state index in [4.69, 9.17) is 14.2 Å². The molecule has 0 saturated heterocycles. The summed E-state index contributed by atoms with van der Waals surface area (Å²) in [6, 6.07) is 11.4. The summed E-state index contributed by atoms with van der Waals surface area (Å²) in [5, 5.41) is 2.87. The van der Waals surface area contributed by atoms with Gasteiger partial charge in [0.2, 0.25) is 5.91 Å². The van der Waals surface area contributed by atoms with Gasteiger partial charge in [0.25, 0.3) is 0 Å². The van der Waals surface area contributed by atoms with Gasteiger partial charge in [-0.25, -0.2) is 0 Å². The standard InChI is InChI=1S/C21H25NO4/c1-5-26-20-12-16(8-10-18(20)24-3)9-11-21(23)22-14-17-7-6-15(2)19(13-17)25-4/h6-13H,5,14H2,1-4H3,(H,22,23)/b11-9+. The summed E-state index contributed by atoms with van der Waals surface area (Å²) >= 11 is 0. The van der Waals surface area contributed by atoms with Crippen molar-refractivity contribution in [1.82, 2.24) is 5.32 Å². The van der Waals surface area contributed by atoms with Gasteiger partial charge in [-0.3, -0.25) is 4.79 Å². The highest BCUT2D eigenvalue weighted by atomic mass is 16.5. The first kappa shape index (κ1) is 19.4. The number of ether oxygens (including phenoxy) is 3. The molecular formula is C21H25NO4. The van der Waals surface area contributed by atoms with Gasteiger partial charge in [0, 0.05) is 12.6 Å². The summed E-state index contributed by atoms with van der Waals surface area (Å²) in [5.41, 5.74) is 2.91.